The number of benzene rings is 1. The van der Waals surface area contributed by atoms with Crippen molar-refractivity contribution in [2.75, 3.05) is 5.75 Å². The summed E-state index contributed by atoms with van der Waals surface area (Å²) >= 11 is 0. The molecule has 4 rings (SSSR count). The Hall–Kier alpha value is -3.36. The van der Waals surface area contributed by atoms with Gasteiger partial charge < -0.3 is 4.57 Å². The number of aromatic nitrogens is 4. The van der Waals surface area contributed by atoms with Gasteiger partial charge in [0.15, 0.2) is 15.7 Å². The molecule has 3 heterocycles. The van der Waals surface area contributed by atoms with Crippen LogP contribution >= 0.6 is 0 Å². The van der Waals surface area contributed by atoms with Gasteiger partial charge in [-0.15, -0.1) is 0 Å². The van der Waals surface area contributed by atoms with Gasteiger partial charge in [-0.2, -0.15) is 35.1 Å². The number of rotatable bonds is 4. The Morgan fingerprint density at radius 2 is 1.61 bits per heavy atom. The summed E-state index contributed by atoms with van der Waals surface area (Å²) in [6.07, 6.45) is -9.23. The van der Waals surface area contributed by atoms with E-state index in [4.69, 9.17) is 0 Å². The summed E-state index contributed by atoms with van der Waals surface area (Å²) < 4.78 is 134. The van der Waals surface area contributed by atoms with E-state index in [1.165, 1.54) is 14.0 Å². The maximum absolute atomic E-state index is 13.8. The van der Waals surface area contributed by atoms with Gasteiger partial charge in [0.05, 0.1) is 28.5 Å². The van der Waals surface area contributed by atoms with Crippen LogP contribution in [-0.4, -0.2) is 39.9 Å². The van der Waals surface area contributed by atoms with Gasteiger partial charge >= 0.3 is 18.3 Å². The van der Waals surface area contributed by atoms with E-state index < -0.39 is 61.1 Å². The van der Waals surface area contributed by atoms with Crippen LogP contribution in [0.25, 0.3) is 33.3 Å². The zero-order valence-electron chi connectivity index (χ0n) is 18.2. The highest BCUT2D eigenvalue weighted by Gasteiger charge is 2.60. The Bertz CT molecular complexity index is 1610. The maximum Gasteiger partial charge on any atom is 0.459 e. The van der Waals surface area contributed by atoms with Gasteiger partial charge in [-0.05, 0) is 12.1 Å². The standard InChI is InChI=1S/C21H14F8N4O2S/c1-3-36(34,35)17-10-5-4-6-12(20(24,25)26)11(10)8-31-16(17)18-32-13-7-15(19(22,23)21(27,28)29)30-9-14(13)33(18)2/h4-9H,3H2,1-2H3. The Kier molecular flexibility index (Phi) is 5.77. The van der Waals surface area contributed by atoms with Gasteiger partial charge in [0.2, 0.25) is 0 Å². The molecule has 192 valence electrons. The zero-order valence-corrected chi connectivity index (χ0v) is 19.0. The molecule has 0 aliphatic heterocycles. The third-order valence-electron chi connectivity index (χ3n) is 5.54. The maximum atomic E-state index is 13.8. The van der Waals surface area contributed by atoms with E-state index >= 15 is 0 Å². The highest BCUT2D eigenvalue weighted by atomic mass is 32.2. The third-order valence-corrected chi connectivity index (χ3v) is 7.34. The second kappa shape index (κ2) is 8.08. The summed E-state index contributed by atoms with van der Waals surface area (Å²) in [5.41, 5.74) is -3.58. The van der Waals surface area contributed by atoms with Crippen molar-refractivity contribution in [2.45, 2.75) is 30.1 Å². The minimum Gasteiger partial charge on any atom is -0.324 e. The SMILES string of the molecule is CCS(=O)(=O)c1c(-c2nc3cc(C(F)(F)C(F)(F)F)ncc3n2C)ncc2c(C(F)(F)F)cccc12. The second-order valence-corrected chi connectivity index (χ2v) is 9.94. The van der Waals surface area contributed by atoms with Crippen LogP contribution in [0.15, 0.2) is 41.6 Å². The molecule has 0 bridgehead atoms. The van der Waals surface area contributed by atoms with E-state index in [2.05, 4.69) is 15.0 Å². The number of fused-ring (bicyclic) bond motifs is 2. The lowest BCUT2D eigenvalue weighted by Gasteiger charge is -2.18. The van der Waals surface area contributed by atoms with Gasteiger partial charge in [-0.25, -0.2) is 13.4 Å². The number of aryl methyl sites for hydroxylation is 1. The summed E-state index contributed by atoms with van der Waals surface area (Å²) in [7, 11) is -2.94. The lowest BCUT2D eigenvalue weighted by atomic mass is 10.1. The number of halogens is 8. The molecular weight excluding hydrogens is 524 g/mol. The summed E-state index contributed by atoms with van der Waals surface area (Å²) in [6, 6.07) is 3.34. The topological polar surface area (TPSA) is 77.7 Å². The normalized spacial score (nSPS) is 13.6. The molecule has 0 fully saturated rings. The smallest absolute Gasteiger partial charge is 0.324 e. The van der Waals surface area contributed by atoms with Crippen LogP contribution in [-0.2, 0) is 29.0 Å². The minimum atomic E-state index is -5.93. The predicted octanol–water partition coefficient (Wildman–Crippen LogP) is 5.65. The van der Waals surface area contributed by atoms with Crippen LogP contribution in [0.5, 0.6) is 0 Å². The fraction of sp³-hybridized carbons (Fsp3) is 0.286. The van der Waals surface area contributed by atoms with E-state index in [0.717, 1.165) is 29.0 Å². The summed E-state index contributed by atoms with van der Waals surface area (Å²) in [5, 5.41) is -0.792. The van der Waals surface area contributed by atoms with E-state index in [1.54, 1.807) is 0 Å². The van der Waals surface area contributed by atoms with Gasteiger partial charge in [-0.3, -0.25) is 9.97 Å². The molecule has 15 heteroatoms. The van der Waals surface area contributed by atoms with Crippen molar-refractivity contribution in [3.63, 3.8) is 0 Å². The average Bonchev–Trinajstić information content (AvgIpc) is 3.12. The molecule has 36 heavy (non-hydrogen) atoms. The quantitative estimate of drug-likeness (QED) is 0.314. The van der Waals surface area contributed by atoms with Crippen LogP contribution in [0.2, 0.25) is 0 Å². The molecule has 1 aromatic carbocycles. The van der Waals surface area contributed by atoms with Crippen molar-refractivity contribution in [1.29, 1.82) is 0 Å². The molecule has 0 unspecified atom stereocenters. The van der Waals surface area contributed by atoms with Crippen molar-refractivity contribution in [3.8, 4) is 11.5 Å². The first kappa shape index (κ1) is 25.7. The van der Waals surface area contributed by atoms with Crippen molar-refractivity contribution in [1.82, 2.24) is 19.5 Å². The van der Waals surface area contributed by atoms with Crippen LogP contribution in [0.4, 0.5) is 35.1 Å². The van der Waals surface area contributed by atoms with E-state index in [-0.39, 0.29) is 22.2 Å². The van der Waals surface area contributed by atoms with Gasteiger partial charge in [0, 0.05) is 24.0 Å². The molecule has 0 radical (unpaired) electrons. The monoisotopic (exact) mass is 538 g/mol. The van der Waals surface area contributed by atoms with Gasteiger partial charge in [0.25, 0.3) is 0 Å². The van der Waals surface area contributed by atoms with Gasteiger partial charge in [-0.1, -0.05) is 19.1 Å². The first-order valence-electron chi connectivity index (χ1n) is 10.00. The van der Waals surface area contributed by atoms with Crippen molar-refractivity contribution in [3.05, 3.63) is 47.9 Å². The molecule has 0 aliphatic carbocycles. The minimum absolute atomic E-state index is 0.0440. The summed E-state index contributed by atoms with van der Waals surface area (Å²) in [5.74, 6) is -6.10. The zero-order chi connectivity index (χ0) is 26.8. The Morgan fingerprint density at radius 1 is 0.944 bits per heavy atom. The molecular formula is C21H14F8N4O2S. The van der Waals surface area contributed by atoms with E-state index in [9.17, 15) is 43.5 Å². The molecule has 0 saturated heterocycles. The molecule has 0 aliphatic rings. The molecule has 4 aromatic rings. The highest BCUT2D eigenvalue weighted by Crippen LogP contribution is 2.44. The van der Waals surface area contributed by atoms with Crippen molar-refractivity contribution >= 4 is 31.6 Å². The molecule has 0 saturated carbocycles. The van der Waals surface area contributed by atoms with E-state index in [1.807, 2.05) is 0 Å². The third kappa shape index (κ3) is 3.94. The number of pyridine rings is 2. The first-order valence-corrected chi connectivity index (χ1v) is 11.7. The fourth-order valence-corrected chi connectivity index (χ4v) is 4.94. The van der Waals surface area contributed by atoms with Crippen molar-refractivity contribution in [2.24, 2.45) is 7.05 Å². The van der Waals surface area contributed by atoms with Gasteiger partial charge in [0.1, 0.15) is 16.3 Å². The van der Waals surface area contributed by atoms with Crippen LogP contribution in [0.3, 0.4) is 0 Å². The lowest BCUT2D eigenvalue weighted by Crippen LogP contribution is -2.34. The Morgan fingerprint density at radius 3 is 2.19 bits per heavy atom. The lowest BCUT2D eigenvalue weighted by molar-refractivity contribution is -0.290. The van der Waals surface area contributed by atoms with Crippen LogP contribution < -0.4 is 0 Å². The number of alkyl halides is 8. The molecule has 0 spiro atoms. The average molecular weight is 538 g/mol. The molecule has 3 aromatic heterocycles. The first-order chi connectivity index (χ1) is 16.5. The molecule has 0 amide bonds. The summed E-state index contributed by atoms with van der Waals surface area (Å²) in [4.78, 5) is 10.5. The highest BCUT2D eigenvalue weighted by molar-refractivity contribution is 7.91. The Balaban J connectivity index is 2.05. The van der Waals surface area contributed by atoms with Crippen LogP contribution in [0.1, 0.15) is 18.2 Å². The molecule has 6 nitrogen and oxygen atoms in total. The predicted molar refractivity (Wildman–Crippen MR) is 112 cm³/mol. The number of hydrogen-bond acceptors (Lipinski definition) is 5. The number of hydrogen-bond donors (Lipinski definition) is 0. The molecule has 0 atom stereocenters. The second-order valence-electron chi connectivity index (χ2n) is 7.73. The largest absolute Gasteiger partial charge is 0.459 e. The number of imidazole rings is 1. The number of sulfone groups is 1. The number of nitrogens with zero attached hydrogens (tertiary/aromatic N) is 4. The van der Waals surface area contributed by atoms with Crippen LogP contribution in [0, 0.1) is 0 Å². The molecule has 0 N–H and O–H groups in total. The Labute approximate surface area is 197 Å². The van der Waals surface area contributed by atoms with E-state index in [0.29, 0.717) is 12.3 Å². The summed E-state index contributed by atoms with van der Waals surface area (Å²) in [6.45, 7) is 1.26. The fourth-order valence-electron chi connectivity index (χ4n) is 3.70. The van der Waals surface area contributed by atoms with Crippen molar-refractivity contribution < 1.29 is 43.5 Å².